The monoisotopic (exact) mass is 450 g/mol. The van der Waals surface area contributed by atoms with Gasteiger partial charge in [-0.05, 0) is 36.4 Å². The molecule has 0 radical (unpaired) electrons. The van der Waals surface area contributed by atoms with Crippen molar-refractivity contribution >= 4 is 27.5 Å². The van der Waals surface area contributed by atoms with Gasteiger partial charge < -0.3 is 4.90 Å². The van der Waals surface area contributed by atoms with Crippen LogP contribution in [0.3, 0.4) is 0 Å². The van der Waals surface area contributed by atoms with Gasteiger partial charge in [-0.25, -0.2) is 12.8 Å². The van der Waals surface area contributed by atoms with E-state index in [2.05, 4.69) is 0 Å². The molecule has 1 heterocycles. The minimum Gasteiger partial charge on any atom is -0.336 e. The van der Waals surface area contributed by atoms with E-state index < -0.39 is 33.5 Å². The molecule has 3 rings (SSSR count). The summed E-state index contributed by atoms with van der Waals surface area (Å²) in [6.45, 7) is -0.185. The van der Waals surface area contributed by atoms with Crippen LogP contribution in [0.1, 0.15) is 15.9 Å². The minimum atomic E-state index is -4.57. The highest BCUT2D eigenvalue weighted by molar-refractivity contribution is 7.89. The molecule has 0 aromatic heterocycles. The van der Waals surface area contributed by atoms with Gasteiger partial charge in [0.05, 0.1) is 21.0 Å². The maximum absolute atomic E-state index is 13.9. The Morgan fingerprint density at radius 3 is 2.07 bits per heavy atom. The van der Waals surface area contributed by atoms with Gasteiger partial charge in [-0.3, -0.25) is 4.79 Å². The number of rotatable bonds is 3. The summed E-state index contributed by atoms with van der Waals surface area (Å²) in [4.78, 5) is 13.5. The van der Waals surface area contributed by atoms with Crippen molar-refractivity contribution in [3.05, 3.63) is 64.4 Å². The predicted molar refractivity (Wildman–Crippen MR) is 97.5 cm³/mol. The number of alkyl halides is 3. The molecule has 0 spiro atoms. The highest BCUT2D eigenvalue weighted by atomic mass is 35.5. The number of carbonyl (C=O) groups excluding carboxylic acids is 1. The number of benzene rings is 2. The van der Waals surface area contributed by atoms with E-state index in [-0.39, 0.29) is 41.7 Å². The molecule has 0 aliphatic carbocycles. The summed E-state index contributed by atoms with van der Waals surface area (Å²) in [5, 5.41) is -0.0465. The van der Waals surface area contributed by atoms with E-state index in [1.165, 1.54) is 17.0 Å². The largest absolute Gasteiger partial charge is 0.416 e. The van der Waals surface area contributed by atoms with Crippen LogP contribution in [0, 0.1) is 5.82 Å². The molecule has 5 nitrogen and oxygen atoms in total. The lowest BCUT2D eigenvalue weighted by Crippen LogP contribution is -2.50. The molecule has 156 valence electrons. The smallest absolute Gasteiger partial charge is 0.336 e. The molecule has 0 saturated carbocycles. The van der Waals surface area contributed by atoms with Gasteiger partial charge >= 0.3 is 6.18 Å². The number of hydrogen-bond acceptors (Lipinski definition) is 3. The molecule has 0 N–H and O–H groups in total. The van der Waals surface area contributed by atoms with Crippen LogP contribution in [-0.4, -0.2) is 49.7 Å². The van der Waals surface area contributed by atoms with E-state index in [9.17, 15) is 30.8 Å². The second-order valence-corrected chi connectivity index (χ2v) is 8.66. The minimum absolute atomic E-state index is 0.0106. The van der Waals surface area contributed by atoms with Crippen LogP contribution < -0.4 is 0 Å². The fourth-order valence-electron chi connectivity index (χ4n) is 2.96. The van der Waals surface area contributed by atoms with Crippen molar-refractivity contribution in [1.82, 2.24) is 9.21 Å². The third kappa shape index (κ3) is 4.39. The quantitative estimate of drug-likeness (QED) is 0.671. The number of nitrogens with zero attached hydrogens (tertiary/aromatic N) is 2. The summed E-state index contributed by atoms with van der Waals surface area (Å²) in [7, 11) is -4.03. The van der Waals surface area contributed by atoms with Gasteiger partial charge in [-0.1, -0.05) is 17.7 Å². The average molecular weight is 451 g/mol. The molecule has 1 aliphatic heterocycles. The molecule has 1 amide bonds. The van der Waals surface area contributed by atoms with Gasteiger partial charge in [-0.2, -0.15) is 17.5 Å². The van der Waals surface area contributed by atoms with Crippen LogP contribution in [0.2, 0.25) is 5.02 Å². The molecule has 29 heavy (non-hydrogen) atoms. The first-order valence-corrected chi connectivity index (χ1v) is 10.2. The number of amides is 1. The molecule has 0 unspecified atom stereocenters. The molecule has 1 aliphatic rings. The molecule has 2 aromatic carbocycles. The molecular formula is C18H15ClF4N2O3S. The molecule has 0 bridgehead atoms. The summed E-state index contributed by atoms with van der Waals surface area (Å²) in [5.41, 5.74) is -1.23. The number of carbonyl (C=O) groups is 1. The Morgan fingerprint density at radius 1 is 0.966 bits per heavy atom. The summed E-state index contributed by atoms with van der Waals surface area (Å²) in [6.07, 6.45) is -4.57. The van der Waals surface area contributed by atoms with E-state index in [1.54, 1.807) is 0 Å². The standard InChI is InChI=1S/C18H15ClF4N2O3S/c19-14-2-1-3-15(20)16(14)17(26)24-8-10-25(11-9-24)29(27,28)13-6-4-12(5-7-13)18(21,22)23/h1-7H,8-11H2. The van der Waals surface area contributed by atoms with Gasteiger partial charge in [0.15, 0.2) is 0 Å². The third-order valence-electron chi connectivity index (χ3n) is 4.52. The van der Waals surface area contributed by atoms with Crippen LogP contribution in [-0.2, 0) is 16.2 Å². The fourth-order valence-corrected chi connectivity index (χ4v) is 4.62. The van der Waals surface area contributed by atoms with Gasteiger partial charge in [0.25, 0.3) is 5.91 Å². The molecule has 11 heteroatoms. The number of halogens is 5. The van der Waals surface area contributed by atoms with E-state index >= 15 is 0 Å². The number of hydrogen-bond donors (Lipinski definition) is 0. The van der Waals surface area contributed by atoms with Gasteiger partial charge in [-0.15, -0.1) is 0 Å². The van der Waals surface area contributed by atoms with Crippen LogP contribution in [0.15, 0.2) is 47.4 Å². The van der Waals surface area contributed by atoms with E-state index in [0.717, 1.165) is 22.5 Å². The van der Waals surface area contributed by atoms with Crippen molar-refractivity contribution in [2.45, 2.75) is 11.1 Å². The van der Waals surface area contributed by atoms with Crippen molar-refractivity contribution in [3.8, 4) is 0 Å². The Bertz CT molecular complexity index is 998. The van der Waals surface area contributed by atoms with Crippen LogP contribution in [0.5, 0.6) is 0 Å². The first kappa shape index (κ1) is 21.5. The molecule has 1 fully saturated rings. The molecule has 2 aromatic rings. The van der Waals surface area contributed by atoms with E-state index in [4.69, 9.17) is 11.6 Å². The third-order valence-corrected chi connectivity index (χ3v) is 6.75. The zero-order chi connectivity index (χ0) is 21.4. The van der Waals surface area contributed by atoms with Crippen molar-refractivity contribution in [2.75, 3.05) is 26.2 Å². The van der Waals surface area contributed by atoms with Crippen molar-refractivity contribution in [3.63, 3.8) is 0 Å². The highest BCUT2D eigenvalue weighted by Gasteiger charge is 2.34. The summed E-state index contributed by atoms with van der Waals surface area (Å²) >= 11 is 5.90. The SMILES string of the molecule is O=C(c1c(F)cccc1Cl)N1CCN(S(=O)(=O)c2ccc(C(F)(F)F)cc2)CC1. The predicted octanol–water partition coefficient (Wildman–Crippen LogP) is 3.64. The maximum atomic E-state index is 13.9. The Hall–Kier alpha value is -2.17. The van der Waals surface area contributed by atoms with Crippen LogP contribution in [0.25, 0.3) is 0 Å². The lowest BCUT2D eigenvalue weighted by atomic mass is 10.1. The number of piperazine rings is 1. The lowest BCUT2D eigenvalue weighted by molar-refractivity contribution is -0.137. The van der Waals surface area contributed by atoms with Crippen molar-refractivity contribution < 1.29 is 30.8 Å². The Morgan fingerprint density at radius 2 is 1.55 bits per heavy atom. The first-order valence-electron chi connectivity index (χ1n) is 8.42. The van der Waals surface area contributed by atoms with Crippen LogP contribution in [0.4, 0.5) is 17.6 Å². The molecule has 1 saturated heterocycles. The fraction of sp³-hybridized carbons (Fsp3) is 0.278. The van der Waals surface area contributed by atoms with Gasteiger partial charge in [0, 0.05) is 26.2 Å². The van der Waals surface area contributed by atoms with E-state index in [1.807, 2.05) is 0 Å². The van der Waals surface area contributed by atoms with E-state index in [0.29, 0.717) is 12.1 Å². The maximum Gasteiger partial charge on any atom is 0.416 e. The summed E-state index contributed by atoms with van der Waals surface area (Å²) in [5.74, 6) is -1.43. The second kappa shape index (κ2) is 7.92. The molecule has 0 atom stereocenters. The zero-order valence-electron chi connectivity index (χ0n) is 14.8. The normalized spacial score (nSPS) is 16.1. The van der Waals surface area contributed by atoms with Crippen LogP contribution >= 0.6 is 11.6 Å². The van der Waals surface area contributed by atoms with Gasteiger partial charge in [0.1, 0.15) is 5.82 Å². The molecular weight excluding hydrogens is 436 g/mol. The zero-order valence-corrected chi connectivity index (χ0v) is 16.4. The number of sulfonamides is 1. The van der Waals surface area contributed by atoms with Gasteiger partial charge in [0.2, 0.25) is 10.0 Å². The Balaban J connectivity index is 1.72. The second-order valence-electron chi connectivity index (χ2n) is 6.32. The average Bonchev–Trinajstić information content (AvgIpc) is 2.67. The van der Waals surface area contributed by atoms with Crippen molar-refractivity contribution in [2.24, 2.45) is 0 Å². The topological polar surface area (TPSA) is 57.7 Å². The summed E-state index contributed by atoms with van der Waals surface area (Å²) < 4.78 is 78.3. The Labute approximate surface area is 169 Å². The highest BCUT2D eigenvalue weighted by Crippen LogP contribution is 2.30. The lowest BCUT2D eigenvalue weighted by Gasteiger charge is -2.34. The van der Waals surface area contributed by atoms with Crippen molar-refractivity contribution in [1.29, 1.82) is 0 Å². The summed E-state index contributed by atoms with van der Waals surface area (Å²) in [6, 6.07) is 7.04. The Kier molecular flexibility index (Phi) is 5.88. The first-order chi connectivity index (χ1) is 13.5.